The van der Waals surface area contributed by atoms with Gasteiger partial charge in [-0.2, -0.15) is 10.5 Å². The highest BCUT2D eigenvalue weighted by Gasteiger charge is 2.11. The molecule has 0 N–H and O–H groups in total. The Hall–Kier alpha value is -1.55. The summed E-state index contributed by atoms with van der Waals surface area (Å²) in [5.41, 5.74) is 0. The average Bonchev–Trinajstić information content (AvgIpc) is 2.58. The number of rotatable bonds is 16. The summed E-state index contributed by atoms with van der Waals surface area (Å²) < 4.78 is 0. The van der Waals surface area contributed by atoms with Crippen LogP contribution in [0.15, 0.2) is 0 Å². The molecule has 0 rings (SSSR count). The molecule has 0 aromatic heterocycles. The van der Waals surface area contributed by atoms with Gasteiger partial charge >= 0.3 is 0 Å². The lowest BCUT2D eigenvalue weighted by molar-refractivity contribution is -0.130. The second kappa shape index (κ2) is 17.8. The molecule has 0 atom stereocenters. The number of nitrogens with zero attached hydrogens (tertiary/aromatic N) is 3. The largest absolute Gasteiger partial charge is 0.316 e. The molecule has 0 aromatic rings. The fraction of sp³-hybridized carbons (Fsp3) is 0.850. The monoisotopic (exact) mass is 333 g/mol. The van der Waals surface area contributed by atoms with Crippen LogP contribution in [0.4, 0.5) is 0 Å². The molecule has 4 nitrogen and oxygen atoms in total. The number of hydrogen-bond acceptors (Lipinski definition) is 3. The Morgan fingerprint density at radius 3 is 1.46 bits per heavy atom. The Balaban J connectivity index is 3.37. The van der Waals surface area contributed by atoms with E-state index in [1.54, 1.807) is 0 Å². The van der Waals surface area contributed by atoms with Crippen molar-refractivity contribution in [3.63, 3.8) is 0 Å². The Morgan fingerprint density at radius 2 is 1.08 bits per heavy atom. The highest BCUT2D eigenvalue weighted by molar-refractivity contribution is 5.76. The number of nitriles is 2. The molecular formula is C20H35N3O. The van der Waals surface area contributed by atoms with Gasteiger partial charge in [0.1, 0.15) is 13.1 Å². The SMILES string of the molecule is CCCCCCCCCCCCCCCC(=O)N(CC#N)CC#N. The van der Waals surface area contributed by atoms with Gasteiger partial charge in [-0.3, -0.25) is 4.79 Å². The van der Waals surface area contributed by atoms with Crippen molar-refractivity contribution in [3.8, 4) is 12.1 Å². The summed E-state index contributed by atoms with van der Waals surface area (Å²) in [5, 5.41) is 17.3. The van der Waals surface area contributed by atoms with Crippen LogP contribution < -0.4 is 0 Å². The third kappa shape index (κ3) is 14.1. The van der Waals surface area contributed by atoms with Crippen molar-refractivity contribution >= 4 is 5.91 Å². The van der Waals surface area contributed by atoms with Crippen molar-refractivity contribution in [2.24, 2.45) is 0 Å². The number of unbranched alkanes of at least 4 members (excludes halogenated alkanes) is 12. The molecule has 0 fully saturated rings. The summed E-state index contributed by atoms with van der Waals surface area (Å²) in [6.45, 7) is 2.29. The molecule has 0 aliphatic rings. The van der Waals surface area contributed by atoms with Crippen LogP contribution >= 0.6 is 0 Å². The van der Waals surface area contributed by atoms with Crippen LogP contribution in [0.3, 0.4) is 0 Å². The first-order valence-corrected chi connectivity index (χ1v) is 9.78. The zero-order valence-electron chi connectivity index (χ0n) is 15.6. The molecule has 0 radical (unpaired) electrons. The fourth-order valence-corrected chi connectivity index (χ4v) is 2.86. The van der Waals surface area contributed by atoms with E-state index in [9.17, 15) is 4.79 Å². The lowest BCUT2D eigenvalue weighted by Gasteiger charge is -2.15. The Morgan fingerprint density at radius 1 is 0.708 bits per heavy atom. The van der Waals surface area contributed by atoms with E-state index >= 15 is 0 Å². The molecule has 0 aliphatic carbocycles. The average molecular weight is 334 g/mol. The summed E-state index contributed by atoms with van der Waals surface area (Å²) in [4.78, 5) is 13.2. The third-order valence-corrected chi connectivity index (χ3v) is 4.37. The quantitative estimate of drug-likeness (QED) is 0.283. The summed E-state index contributed by atoms with van der Waals surface area (Å²) in [6.07, 6.45) is 17.1. The molecule has 4 heteroatoms. The maximum absolute atomic E-state index is 11.8. The zero-order valence-corrected chi connectivity index (χ0v) is 15.6. The molecule has 0 bridgehead atoms. The first-order valence-electron chi connectivity index (χ1n) is 9.78. The van der Waals surface area contributed by atoms with E-state index in [0.29, 0.717) is 6.42 Å². The van der Waals surface area contributed by atoms with Crippen LogP contribution in [0.5, 0.6) is 0 Å². The molecule has 0 aliphatic heterocycles. The first kappa shape index (κ1) is 22.4. The van der Waals surface area contributed by atoms with Crippen molar-refractivity contribution in [1.82, 2.24) is 4.90 Å². The molecule has 136 valence electrons. The number of carbonyl (C=O) groups excluding carboxylic acids is 1. The topological polar surface area (TPSA) is 67.9 Å². The lowest BCUT2D eigenvalue weighted by Crippen LogP contribution is -2.31. The minimum atomic E-state index is -0.0684. The van der Waals surface area contributed by atoms with Crippen molar-refractivity contribution in [1.29, 1.82) is 10.5 Å². The molecule has 0 heterocycles. The van der Waals surface area contributed by atoms with Gasteiger partial charge in [-0.1, -0.05) is 84.0 Å². The third-order valence-electron chi connectivity index (χ3n) is 4.37. The van der Waals surface area contributed by atoms with Crippen LogP contribution in [-0.2, 0) is 4.79 Å². The van der Waals surface area contributed by atoms with Crippen LogP contribution in [0.1, 0.15) is 96.8 Å². The Bertz CT molecular complexity index is 365. The maximum atomic E-state index is 11.8. The van der Waals surface area contributed by atoms with Gasteiger partial charge in [0.2, 0.25) is 5.91 Å². The van der Waals surface area contributed by atoms with Gasteiger partial charge in [-0.15, -0.1) is 0 Å². The summed E-state index contributed by atoms with van der Waals surface area (Å²) in [5.74, 6) is -0.0684. The van der Waals surface area contributed by atoms with Crippen molar-refractivity contribution < 1.29 is 4.79 Å². The molecular weight excluding hydrogens is 298 g/mol. The van der Waals surface area contributed by atoms with Crippen LogP contribution in [-0.4, -0.2) is 23.9 Å². The van der Waals surface area contributed by atoms with Gasteiger partial charge in [0, 0.05) is 6.42 Å². The van der Waals surface area contributed by atoms with Crippen molar-refractivity contribution in [2.75, 3.05) is 13.1 Å². The second-order valence-electron chi connectivity index (χ2n) is 6.56. The Labute approximate surface area is 148 Å². The van der Waals surface area contributed by atoms with Gasteiger partial charge in [0.05, 0.1) is 12.1 Å². The van der Waals surface area contributed by atoms with Crippen LogP contribution in [0.2, 0.25) is 0 Å². The van der Waals surface area contributed by atoms with E-state index in [0.717, 1.165) is 12.8 Å². The second-order valence-corrected chi connectivity index (χ2v) is 6.56. The minimum Gasteiger partial charge on any atom is -0.316 e. The van der Waals surface area contributed by atoms with E-state index in [4.69, 9.17) is 10.5 Å². The molecule has 0 spiro atoms. The molecule has 24 heavy (non-hydrogen) atoms. The summed E-state index contributed by atoms with van der Waals surface area (Å²) in [6, 6.07) is 3.87. The lowest BCUT2D eigenvalue weighted by atomic mass is 10.0. The summed E-state index contributed by atoms with van der Waals surface area (Å²) in [7, 11) is 0. The van der Waals surface area contributed by atoms with Crippen molar-refractivity contribution in [2.45, 2.75) is 96.8 Å². The first-order chi connectivity index (χ1) is 11.8. The van der Waals surface area contributed by atoms with Crippen LogP contribution in [0.25, 0.3) is 0 Å². The predicted octanol–water partition coefficient (Wildman–Crippen LogP) is 5.34. The number of hydrogen-bond donors (Lipinski definition) is 0. The standard InChI is InChI=1S/C20H35N3O/c1-2-3-4-5-6-7-8-9-10-11-12-13-14-15-20(24)23(18-16-21)19-17-22/h2-15,18-19H2,1H3. The van der Waals surface area contributed by atoms with Crippen LogP contribution in [0, 0.1) is 22.7 Å². The summed E-state index contributed by atoms with van der Waals surface area (Å²) >= 11 is 0. The smallest absolute Gasteiger partial charge is 0.224 e. The minimum absolute atomic E-state index is 0.0187. The molecule has 0 aromatic carbocycles. The van der Waals surface area contributed by atoms with Gasteiger partial charge in [0.25, 0.3) is 0 Å². The van der Waals surface area contributed by atoms with Gasteiger partial charge < -0.3 is 4.90 Å². The predicted molar refractivity (Wildman–Crippen MR) is 98.1 cm³/mol. The Kier molecular flexibility index (Phi) is 16.6. The normalized spacial score (nSPS) is 10.1. The molecule has 0 saturated heterocycles. The number of amides is 1. The van der Waals surface area contributed by atoms with E-state index in [2.05, 4.69) is 6.92 Å². The van der Waals surface area contributed by atoms with Crippen molar-refractivity contribution in [3.05, 3.63) is 0 Å². The van der Waals surface area contributed by atoms with Gasteiger partial charge in [0.15, 0.2) is 0 Å². The van der Waals surface area contributed by atoms with Gasteiger partial charge in [-0.25, -0.2) is 0 Å². The maximum Gasteiger partial charge on any atom is 0.224 e. The number of carbonyl (C=O) groups is 1. The highest BCUT2D eigenvalue weighted by Crippen LogP contribution is 2.13. The van der Waals surface area contributed by atoms with E-state index in [-0.39, 0.29) is 19.0 Å². The molecule has 0 unspecified atom stereocenters. The molecule has 0 saturated carbocycles. The van der Waals surface area contributed by atoms with Gasteiger partial charge in [-0.05, 0) is 6.42 Å². The fourth-order valence-electron chi connectivity index (χ4n) is 2.86. The van der Waals surface area contributed by atoms with E-state index in [1.807, 2.05) is 12.1 Å². The van der Waals surface area contributed by atoms with E-state index in [1.165, 1.54) is 75.5 Å². The molecule has 1 amide bonds. The van der Waals surface area contributed by atoms with E-state index < -0.39 is 0 Å². The zero-order chi connectivity index (χ0) is 17.9. The highest BCUT2D eigenvalue weighted by atomic mass is 16.2.